The lowest BCUT2D eigenvalue weighted by Crippen LogP contribution is -2.02. The summed E-state index contributed by atoms with van der Waals surface area (Å²) in [7, 11) is 0. The molecule has 5 nitrogen and oxygen atoms in total. The Hall–Kier alpha value is -2.73. The van der Waals surface area contributed by atoms with Gasteiger partial charge >= 0.3 is 0 Å². The SMILES string of the molecule is N#Cc1nnn(-c2nccs2)c1-c1ccc(F)c(F)c1F. The van der Waals surface area contributed by atoms with Crippen LogP contribution in [0.4, 0.5) is 13.2 Å². The summed E-state index contributed by atoms with van der Waals surface area (Å²) in [6.45, 7) is 0. The Morgan fingerprint density at radius 2 is 2.00 bits per heavy atom. The van der Waals surface area contributed by atoms with Crippen molar-refractivity contribution in [2.45, 2.75) is 0 Å². The second-order valence-electron chi connectivity index (χ2n) is 3.85. The molecule has 1 aromatic carbocycles. The third kappa shape index (κ3) is 2.05. The Kier molecular flexibility index (Phi) is 3.15. The number of nitrogens with zero attached hydrogens (tertiary/aromatic N) is 5. The molecule has 21 heavy (non-hydrogen) atoms. The van der Waals surface area contributed by atoms with Gasteiger partial charge in [0.05, 0.1) is 0 Å². The van der Waals surface area contributed by atoms with Gasteiger partial charge in [-0.05, 0) is 12.1 Å². The Labute approximate surface area is 119 Å². The summed E-state index contributed by atoms with van der Waals surface area (Å²) < 4.78 is 41.5. The molecular weight excluding hydrogens is 303 g/mol. The molecule has 0 bridgehead atoms. The van der Waals surface area contributed by atoms with E-state index in [-0.39, 0.29) is 17.0 Å². The van der Waals surface area contributed by atoms with E-state index in [1.165, 1.54) is 17.5 Å². The van der Waals surface area contributed by atoms with Crippen molar-refractivity contribution in [1.29, 1.82) is 5.26 Å². The van der Waals surface area contributed by atoms with Crippen molar-refractivity contribution < 1.29 is 13.2 Å². The largest absolute Gasteiger partial charge is 0.227 e. The Morgan fingerprint density at radius 1 is 1.19 bits per heavy atom. The highest BCUT2D eigenvalue weighted by molar-refractivity contribution is 7.12. The zero-order valence-electron chi connectivity index (χ0n) is 10.1. The molecule has 0 amide bonds. The van der Waals surface area contributed by atoms with Gasteiger partial charge in [-0.3, -0.25) is 0 Å². The molecule has 0 N–H and O–H groups in total. The van der Waals surface area contributed by atoms with Crippen LogP contribution in [0.3, 0.4) is 0 Å². The lowest BCUT2D eigenvalue weighted by molar-refractivity contribution is 0.448. The fourth-order valence-electron chi connectivity index (χ4n) is 1.76. The van der Waals surface area contributed by atoms with E-state index in [0.717, 1.165) is 16.8 Å². The lowest BCUT2D eigenvalue weighted by atomic mass is 10.1. The zero-order chi connectivity index (χ0) is 15.0. The van der Waals surface area contributed by atoms with Gasteiger partial charge in [-0.15, -0.1) is 16.4 Å². The van der Waals surface area contributed by atoms with Crippen LogP contribution in [-0.4, -0.2) is 20.0 Å². The van der Waals surface area contributed by atoms with Crippen molar-refractivity contribution in [3.63, 3.8) is 0 Å². The molecule has 3 aromatic rings. The van der Waals surface area contributed by atoms with Gasteiger partial charge in [0.1, 0.15) is 11.8 Å². The van der Waals surface area contributed by atoms with E-state index < -0.39 is 17.5 Å². The second-order valence-corrected chi connectivity index (χ2v) is 4.72. The maximum absolute atomic E-state index is 14.0. The normalized spacial score (nSPS) is 10.6. The number of hydrogen-bond acceptors (Lipinski definition) is 5. The van der Waals surface area contributed by atoms with Crippen molar-refractivity contribution in [1.82, 2.24) is 20.0 Å². The minimum Gasteiger partial charge on any atom is -0.227 e. The summed E-state index contributed by atoms with van der Waals surface area (Å²) in [6.07, 6.45) is 1.49. The van der Waals surface area contributed by atoms with Crippen molar-refractivity contribution in [3.8, 4) is 22.5 Å². The summed E-state index contributed by atoms with van der Waals surface area (Å²) in [5, 5.41) is 18.3. The van der Waals surface area contributed by atoms with E-state index in [1.54, 1.807) is 11.4 Å². The van der Waals surface area contributed by atoms with Gasteiger partial charge in [0, 0.05) is 17.1 Å². The summed E-state index contributed by atoms with van der Waals surface area (Å²) in [4.78, 5) is 3.97. The minimum atomic E-state index is -1.62. The van der Waals surface area contributed by atoms with Gasteiger partial charge in [0.15, 0.2) is 23.1 Å². The van der Waals surface area contributed by atoms with Crippen LogP contribution in [0.2, 0.25) is 0 Å². The molecule has 2 heterocycles. The van der Waals surface area contributed by atoms with E-state index in [2.05, 4.69) is 15.3 Å². The second kappa shape index (κ2) is 4.99. The Balaban J connectivity index is 2.30. The van der Waals surface area contributed by atoms with Crippen molar-refractivity contribution in [3.05, 3.63) is 46.9 Å². The van der Waals surface area contributed by atoms with Crippen LogP contribution in [-0.2, 0) is 0 Å². The van der Waals surface area contributed by atoms with Gasteiger partial charge in [-0.25, -0.2) is 18.2 Å². The first-order valence-corrected chi connectivity index (χ1v) is 6.41. The average molecular weight is 307 g/mol. The molecule has 0 spiro atoms. The minimum absolute atomic E-state index is 0.0798. The highest BCUT2D eigenvalue weighted by Gasteiger charge is 2.23. The highest BCUT2D eigenvalue weighted by atomic mass is 32.1. The number of halogens is 3. The number of hydrogen-bond donors (Lipinski definition) is 0. The molecule has 0 aliphatic heterocycles. The van der Waals surface area contributed by atoms with Crippen molar-refractivity contribution in [2.75, 3.05) is 0 Å². The van der Waals surface area contributed by atoms with Crippen LogP contribution in [0.25, 0.3) is 16.4 Å². The van der Waals surface area contributed by atoms with E-state index in [1.807, 2.05) is 0 Å². The van der Waals surface area contributed by atoms with Crippen LogP contribution in [0.5, 0.6) is 0 Å². The molecule has 0 radical (unpaired) electrons. The maximum atomic E-state index is 14.0. The standard InChI is InChI=1S/C12H4F3N5S/c13-7-2-1-6(9(14)10(7)15)11-8(5-16)18-19-20(11)12-17-3-4-21-12/h1-4H. The molecule has 104 valence electrons. The lowest BCUT2D eigenvalue weighted by Gasteiger charge is -2.06. The number of rotatable bonds is 2. The Morgan fingerprint density at radius 3 is 2.67 bits per heavy atom. The Bertz CT molecular complexity index is 851. The van der Waals surface area contributed by atoms with Crippen LogP contribution in [0.15, 0.2) is 23.7 Å². The first kappa shape index (κ1) is 13.3. The summed E-state index contributed by atoms with van der Waals surface area (Å²) in [5.74, 6) is -4.35. The number of aromatic nitrogens is 4. The molecule has 3 rings (SSSR count). The van der Waals surface area contributed by atoms with Crippen LogP contribution < -0.4 is 0 Å². The molecule has 0 saturated carbocycles. The van der Waals surface area contributed by atoms with Gasteiger partial charge < -0.3 is 0 Å². The summed E-state index contributed by atoms with van der Waals surface area (Å²) >= 11 is 1.17. The quantitative estimate of drug-likeness (QED) is 0.683. The van der Waals surface area contributed by atoms with Crippen LogP contribution in [0, 0.1) is 28.8 Å². The predicted molar refractivity (Wildman–Crippen MR) is 67.1 cm³/mol. The molecule has 0 fully saturated rings. The van der Waals surface area contributed by atoms with E-state index in [4.69, 9.17) is 5.26 Å². The van der Waals surface area contributed by atoms with Crippen molar-refractivity contribution in [2.24, 2.45) is 0 Å². The summed E-state index contributed by atoms with van der Waals surface area (Å²) in [5.41, 5.74) is -0.607. The topological polar surface area (TPSA) is 67.4 Å². The van der Waals surface area contributed by atoms with Gasteiger partial charge in [-0.1, -0.05) is 5.21 Å². The van der Waals surface area contributed by atoms with Crippen LogP contribution >= 0.6 is 11.3 Å². The molecule has 0 saturated heterocycles. The smallest absolute Gasteiger partial charge is 0.212 e. The highest BCUT2D eigenvalue weighted by Crippen LogP contribution is 2.29. The van der Waals surface area contributed by atoms with Gasteiger partial charge in [0.25, 0.3) is 0 Å². The van der Waals surface area contributed by atoms with Gasteiger partial charge in [-0.2, -0.15) is 9.94 Å². The molecule has 0 aliphatic rings. The third-order valence-corrected chi connectivity index (χ3v) is 3.41. The predicted octanol–water partition coefficient (Wildman–Crippen LogP) is 2.68. The van der Waals surface area contributed by atoms with Crippen molar-refractivity contribution >= 4 is 11.3 Å². The monoisotopic (exact) mass is 307 g/mol. The number of benzene rings is 1. The zero-order valence-corrected chi connectivity index (χ0v) is 10.9. The summed E-state index contributed by atoms with van der Waals surface area (Å²) in [6, 6.07) is 3.53. The maximum Gasteiger partial charge on any atom is 0.212 e. The first-order valence-electron chi connectivity index (χ1n) is 5.53. The molecule has 0 atom stereocenters. The van der Waals surface area contributed by atoms with Gasteiger partial charge in [0.2, 0.25) is 5.13 Å². The molecule has 0 aliphatic carbocycles. The number of nitriles is 1. The number of thiazole rings is 1. The average Bonchev–Trinajstić information content (AvgIpc) is 3.13. The van der Waals surface area contributed by atoms with E-state index in [0.29, 0.717) is 5.13 Å². The van der Waals surface area contributed by atoms with E-state index >= 15 is 0 Å². The molecule has 2 aromatic heterocycles. The molecular formula is C12H4F3N5S. The molecule has 0 unspecified atom stereocenters. The fraction of sp³-hybridized carbons (Fsp3) is 0. The first-order chi connectivity index (χ1) is 10.1. The van der Waals surface area contributed by atoms with Crippen LogP contribution in [0.1, 0.15) is 5.69 Å². The third-order valence-electron chi connectivity index (χ3n) is 2.67. The van der Waals surface area contributed by atoms with E-state index in [9.17, 15) is 13.2 Å². The fourth-order valence-corrected chi connectivity index (χ4v) is 2.35. The molecule has 9 heteroatoms.